The van der Waals surface area contributed by atoms with E-state index in [2.05, 4.69) is 51.4 Å². The molecular formula is C12H24Si2. The van der Waals surface area contributed by atoms with Crippen molar-refractivity contribution >= 4 is 16.1 Å². The Morgan fingerprint density at radius 3 is 2.00 bits per heavy atom. The van der Waals surface area contributed by atoms with Crippen molar-refractivity contribution in [3.8, 4) is 0 Å². The minimum atomic E-state index is -1.02. The first-order valence-corrected chi connectivity index (χ1v) is 12.8. The highest BCUT2D eigenvalue weighted by atomic mass is 28.3. The van der Waals surface area contributed by atoms with Crippen LogP contribution in [0.15, 0.2) is 22.9 Å². The van der Waals surface area contributed by atoms with Crippen LogP contribution in [-0.4, -0.2) is 16.1 Å². The molecule has 0 saturated heterocycles. The van der Waals surface area contributed by atoms with Crippen molar-refractivity contribution in [1.29, 1.82) is 0 Å². The maximum atomic E-state index is 2.50. The topological polar surface area (TPSA) is 0 Å². The molecule has 0 atom stereocenters. The van der Waals surface area contributed by atoms with Crippen LogP contribution in [0.5, 0.6) is 0 Å². The molecule has 0 bridgehead atoms. The number of rotatable bonds is 3. The minimum absolute atomic E-state index is 0.908. The molecule has 1 rings (SSSR count). The van der Waals surface area contributed by atoms with Crippen molar-refractivity contribution < 1.29 is 0 Å². The molecule has 0 aromatic heterocycles. The summed E-state index contributed by atoms with van der Waals surface area (Å²) in [5, 5.41) is 1.74. The largest absolute Gasteiger partial charge is 0.0779 e. The van der Waals surface area contributed by atoms with Gasteiger partial charge in [-0.1, -0.05) is 62.2 Å². The summed E-state index contributed by atoms with van der Waals surface area (Å²) in [6.45, 7) is 14.7. The molecule has 0 fully saturated rings. The third kappa shape index (κ3) is 3.58. The van der Waals surface area contributed by atoms with Crippen molar-refractivity contribution in [2.75, 3.05) is 0 Å². The Morgan fingerprint density at radius 1 is 1.07 bits per heavy atom. The predicted octanol–water partition coefficient (Wildman–Crippen LogP) is 4.46. The van der Waals surface area contributed by atoms with Crippen molar-refractivity contribution in [3.05, 3.63) is 22.9 Å². The zero-order valence-electron chi connectivity index (χ0n) is 10.6. The maximum Gasteiger partial charge on any atom is 0.0728 e. The monoisotopic (exact) mass is 224 g/mol. The maximum absolute atomic E-state index is 2.50. The van der Waals surface area contributed by atoms with Crippen LogP contribution in [0.3, 0.4) is 0 Å². The molecule has 2 heteroatoms. The van der Waals surface area contributed by atoms with Crippen LogP contribution in [0.4, 0.5) is 0 Å². The third-order valence-corrected chi connectivity index (χ3v) is 6.39. The first-order chi connectivity index (χ1) is 6.18. The first kappa shape index (κ1) is 12.0. The van der Waals surface area contributed by atoms with Gasteiger partial charge in [0.25, 0.3) is 0 Å². The average Bonchev–Trinajstić information content (AvgIpc) is 2.29. The Labute approximate surface area is 91.1 Å². The summed E-state index contributed by atoms with van der Waals surface area (Å²) in [6, 6.07) is 1.36. The van der Waals surface area contributed by atoms with E-state index in [0.717, 1.165) is 0 Å². The molecule has 0 spiro atoms. The summed E-state index contributed by atoms with van der Waals surface area (Å²) < 4.78 is 0. The molecule has 0 aromatic carbocycles. The van der Waals surface area contributed by atoms with Crippen LogP contribution in [0, 0.1) is 0 Å². The summed E-state index contributed by atoms with van der Waals surface area (Å²) >= 11 is 0. The van der Waals surface area contributed by atoms with Gasteiger partial charge in [-0.05, 0) is 12.5 Å². The molecule has 0 nitrogen and oxygen atoms in total. The molecule has 0 unspecified atom stereocenters. The average molecular weight is 224 g/mol. The highest BCUT2D eigenvalue weighted by Gasteiger charge is 2.23. The second-order valence-corrected chi connectivity index (χ2v) is 17.3. The summed E-state index contributed by atoms with van der Waals surface area (Å²) in [5.74, 6) is 0. The second kappa shape index (κ2) is 3.82. The Bertz CT molecular complexity index is 272. The molecule has 0 heterocycles. The fraction of sp³-hybridized carbons (Fsp3) is 0.667. The van der Waals surface area contributed by atoms with Gasteiger partial charge < -0.3 is 0 Å². The van der Waals surface area contributed by atoms with Crippen molar-refractivity contribution in [1.82, 2.24) is 0 Å². The number of hydrogen-bond donors (Lipinski definition) is 0. The summed E-state index contributed by atoms with van der Waals surface area (Å²) in [4.78, 5) is 0. The normalized spacial score (nSPS) is 18.1. The van der Waals surface area contributed by atoms with Gasteiger partial charge in [0.05, 0.1) is 8.07 Å². The van der Waals surface area contributed by atoms with E-state index < -0.39 is 16.1 Å². The van der Waals surface area contributed by atoms with Crippen LogP contribution in [0.25, 0.3) is 0 Å². The van der Waals surface area contributed by atoms with Crippen LogP contribution >= 0.6 is 0 Å². The van der Waals surface area contributed by atoms with Gasteiger partial charge >= 0.3 is 0 Å². The van der Waals surface area contributed by atoms with Gasteiger partial charge in [0.2, 0.25) is 0 Å². The van der Waals surface area contributed by atoms with Crippen LogP contribution in [0.1, 0.15) is 6.42 Å². The predicted molar refractivity (Wildman–Crippen MR) is 72.3 cm³/mol. The van der Waals surface area contributed by atoms with E-state index in [1.54, 1.807) is 10.8 Å². The highest BCUT2D eigenvalue weighted by molar-refractivity contribution is 6.83. The Balaban J connectivity index is 2.66. The summed E-state index contributed by atoms with van der Waals surface area (Å²) in [6.07, 6.45) is 6.21. The van der Waals surface area contributed by atoms with Crippen LogP contribution < -0.4 is 0 Å². The zero-order chi connectivity index (χ0) is 11.0. The van der Waals surface area contributed by atoms with E-state index in [1.165, 1.54) is 12.5 Å². The standard InChI is InChI=1S/C12H24Si2/c1-13(2,3)10-11-7-8-12(9-11)14(4,5)6/h7,9H,8,10H2,1-6H3. The lowest BCUT2D eigenvalue weighted by molar-refractivity contribution is 1.34. The van der Waals surface area contributed by atoms with E-state index in [0.29, 0.717) is 0 Å². The van der Waals surface area contributed by atoms with Gasteiger partial charge in [-0.25, -0.2) is 0 Å². The molecule has 0 N–H and O–H groups in total. The van der Waals surface area contributed by atoms with Gasteiger partial charge in [0, 0.05) is 8.07 Å². The minimum Gasteiger partial charge on any atom is -0.0779 e. The number of hydrogen-bond acceptors (Lipinski definition) is 0. The van der Waals surface area contributed by atoms with Crippen molar-refractivity contribution in [3.63, 3.8) is 0 Å². The molecule has 0 amide bonds. The van der Waals surface area contributed by atoms with Crippen molar-refractivity contribution in [2.45, 2.75) is 51.7 Å². The molecule has 0 aromatic rings. The van der Waals surface area contributed by atoms with Gasteiger partial charge in [0.1, 0.15) is 0 Å². The lowest BCUT2D eigenvalue weighted by Gasteiger charge is -2.18. The van der Waals surface area contributed by atoms with Gasteiger partial charge in [-0.3, -0.25) is 0 Å². The highest BCUT2D eigenvalue weighted by Crippen LogP contribution is 2.30. The quantitative estimate of drug-likeness (QED) is 0.621. The fourth-order valence-corrected chi connectivity index (χ4v) is 4.64. The van der Waals surface area contributed by atoms with Gasteiger partial charge in [0.15, 0.2) is 0 Å². The Morgan fingerprint density at radius 2 is 1.64 bits per heavy atom. The third-order valence-electron chi connectivity index (χ3n) is 2.64. The van der Waals surface area contributed by atoms with E-state index in [9.17, 15) is 0 Å². The molecule has 80 valence electrons. The van der Waals surface area contributed by atoms with Crippen LogP contribution in [-0.2, 0) is 0 Å². The summed E-state index contributed by atoms with van der Waals surface area (Å²) in [7, 11) is -1.93. The molecule has 1 aliphatic rings. The molecule has 0 saturated carbocycles. The SMILES string of the molecule is C[Si](C)(C)CC1=CCC([Si](C)(C)C)=C1. The Kier molecular flexibility index (Phi) is 3.27. The van der Waals surface area contributed by atoms with Crippen LogP contribution in [0.2, 0.25) is 45.3 Å². The van der Waals surface area contributed by atoms with E-state index >= 15 is 0 Å². The second-order valence-electron chi connectivity index (χ2n) is 6.64. The van der Waals surface area contributed by atoms with E-state index in [-0.39, 0.29) is 0 Å². The first-order valence-electron chi connectivity index (χ1n) is 5.58. The fourth-order valence-electron chi connectivity index (χ4n) is 1.84. The van der Waals surface area contributed by atoms with Gasteiger partial charge in [-0.2, -0.15) is 0 Å². The number of allylic oxidation sites excluding steroid dienone is 4. The molecule has 0 aliphatic heterocycles. The summed E-state index contributed by atoms with van der Waals surface area (Å²) in [5.41, 5.74) is 1.63. The van der Waals surface area contributed by atoms with Gasteiger partial charge in [-0.15, -0.1) is 0 Å². The smallest absolute Gasteiger partial charge is 0.0728 e. The zero-order valence-corrected chi connectivity index (χ0v) is 12.6. The molecular weight excluding hydrogens is 200 g/mol. The lowest BCUT2D eigenvalue weighted by Crippen LogP contribution is -2.23. The molecule has 1 aliphatic carbocycles. The lowest BCUT2D eigenvalue weighted by atomic mass is 10.3. The van der Waals surface area contributed by atoms with E-state index in [4.69, 9.17) is 0 Å². The Hall–Kier alpha value is -0.0862. The molecule has 0 radical (unpaired) electrons. The van der Waals surface area contributed by atoms with Crippen molar-refractivity contribution in [2.24, 2.45) is 0 Å². The van der Waals surface area contributed by atoms with E-state index in [1.807, 2.05) is 0 Å². The molecule has 14 heavy (non-hydrogen) atoms.